The van der Waals surface area contributed by atoms with Crippen molar-refractivity contribution in [3.05, 3.63) is 40.7 Å². The first kappa shape index (κ1) is 15.7. The molecule has 1 aromatic carbocycles. The molecule has 5 nitrogen and oxygen atoms in total. The fourth-order valence-electron chi connectivity index (χ4n) is 1.93. The molecular formula is C14H15ClN2O3S. The third-order valence-electron chi connectivity index (χ3n) is 2.81. The van der Waals surface area contributed by atoms with Crippen LogP contribution in [0.4, 0.5) is 0 Å². The summed E-state index contributed by atoms with van der Waals surface area (Å²) in [5.74, 6) is -0.207. The number of carbonyl (C=O) groups is 1. The van der Waals surface area contributed by atoms with Crippen molar-refractivity contribution in [1.82, 2.24) is 9.55 Å². The number of hydrogen-bond donors (Lipinski definition) is 1. The summed E-state index contributed by atoms with van der Waals surface area (Å²) in [4.78, 5) is 15.0. The van der Waals surface area contributed by atoms with Crippen LogP contribution in [0.2, 0.25) is 5.02 Å². The zero-order chi connectivity index (χ0) is 15.4. The molecule has 0 saturated heterocycles. The number of aryl methyl sites for hydroxylation is 1. The van der Waals surface area contributed by atoms with Crippen LogP contribution in [0.3, 0.4) is 0 Å². The molecule has 2 rings (SSSR count). The maximum Gasteiger partial charge on any atom is 0.313 e. The minimum Gasteiger partial charge on any atom is -0.496 e. The van der Waals surface area contributed by atoms with Crippen molar-refractivity contribution >= 4 is 29.3 Å². The van der Waals surface area contributed by atoms with Crippen molar-refractivity contribution in [3.63, 3.8) is 0 Å². The molecule has 21 heavy (non-hydrogen) atoms. The van der Waals surface area contributed by atoms with E-state index >= 15 is 0 Å². The molecule has 0 aliphatic heterocycles. The molecule has 1 aromatic heterocycles. The van der Waals surface area contributed by atoms with Crippen LogP contribution in [-0.2, 0) is 11.3 Å². The van der Waals surface area contributed by atoms with Gasteiger partial charge in [0.05, 0.1) is 25.1 Å². The molecule has 0 amide bonds. The van der Waals surface area contributed by atoms with Crippen molar-refractivity contribution in [2.75, 3.05) is 12.9 Å². The van der Waals surface area contributed by atoms with Gasteiger partial charge in [0.2, 0.25) is 0 Å². The SMILES string of the molecule is COc1cccc(Cl)c1Cn1cc(C)nc1SCC(=O)O. The molecular weight excluding hydrogens is 312 g/mol. The third-order valence-corrected chi connectivity index (χ3v) is 4.14. The predicted octanol–water partition coefficient (Wildman–Crippen LogP) is 3.08. The predicted molar refractivity (Wildman–Crippen MR) is 82.4 cm³/mol. The molecule has 1 N–H and O–H groups in total. The number of thioether (sulfide) groups is 1. The van der Waals surface area contributed by atoms with Gasteiger partial charge in [-0.3, -0.25) is 4.79 Å². The van der Waals surface area contributed by atoms with Gasteiger partial charge in [-0.15, -0.1) is 0 Å². The Kier molecular flexibility index (Phi) is 5.14. The Morgan fingerprint density at radius 3 is 2.95 bits per heavy atom. The van der Waals surface area contributed by atoms with Crippen molar-refractivity contribution in [3.8, 4) is 5.75 Å². The molecule has 0 saturated carbocycles. The van der Waals surface area contributed by atoms with Gasteiger partial charge >= 0.3 is 5.97 Å². The van der Waals surface area contributed by atoms with Gasteiger partial charge in [-0.1, -0.05) is 29.4 Å². The number of halogens is 1. The summed E-state index contributed by atoms with van der Waals surface area (Å²) in [6.07, 6.45) is 1.87. The second-order valence-electron chi connectivity index (χ2n) is 4.40. The van der Waals surface area contributed by atoms with E-state index in [2.05, 4.69) is 4.98 Å². The van der Waals surface area contributed by atoms with Gasteiger partial charge in [0.25, 0.3) is 0 Å². The summed E-state index contributed by atoms with van der Waals surface area (Å²) >= 11 is 7.41. The molecule has 0 fully saturated rings. The van der Waals surface area contributed by atoms with Crippen LogP contribution < -0.4 is 4.74 Å². The fourth-order valence-corrected chi connectivity index (χ4v) is 2.90. The Morgan fingerprint density at radius 1 is 1.52 bits per heavy atom. The number of ether oxygens (including phenoxy) is 1. The van der Waals surface area contributed by atoms with Gasteiger partial charge < -0.3 is 14.4 Å². The number of rotatable bonds is 6. The molecule has 0 aliphatic carbocycles. The molecule has 2 aromatic rings. The quantitative estimate of drug-likeness (QED) is 0.826. The Bertz CT molecular complexity index is 658. The van der Waals surface area contributed by atoms with E-state index in [0.29, 0.717) is 22.5 Å². The number of hydrogen-bond acceptors (Lipinski definition) is 4. The second kappa shape index (κ2) is 6.87. The van der Waals surface area contributed by atoms with Crippen LogP contribution in [0.15, 0.2) is 29.6 Å². The molecule has 1 heterocycles. The summed E-state index contributed by atoms with van der Waals surface area (Å²) in [6, 6.07) is 5.46. The van der Waals surface area contributed by atoms with Crippen LogP contribution in [0.1, 0.15) is 11.3 Å². The average molecular weight is 327 g/mol. The third kappa shape index (κ3) is 3.92. The van der Waals surface area contributed by atoms with Crippen molar-refractivity contribution < 1.29 is 14.6 Å². The van der Waals surface area contributed by atoms with Crippen molar-refractivity contribution in [1.29, 1.82) is 0 Å². The first-order chi connectivity index (χ1) is 10.0. The monoisotopic (exact) mass is 326 g/mol. The molecule has 0 aliphatic rings. The zero-order valence-corrected chi connectivity index (χ0v) is 13.2. The topological polar surface area (TPSA) is 64.4 Å². The maximum atomic E-state index is 10.7. The van der Waals surface area contributed by atoms with Crippen LogP contribution in [0.5, 0.6) is 5.75 Å². The Balaban J connectivity index is 2.29. The highest BCUT2D eigenvalue weighted by Gasteiger charge is 2.13. The van der Waals surface area contributed by atoms with Crippen molar-refractivity contribution in [2.24, 2.45) is 0 Å². The lowest BCUT2D eigenvalue weighted by atomic mass is 10.2. The van der Waals surface area contributed by atoms with Gasteiger partial charge in [-0.05, 0) is 19.1 Å². The number of carboxylic acid groups (broad SMARTS) is 1. The lowest BCUT2D eigenvalue weighted by molar-refractivity contribution is -0.133. The maximum absolute atomic E-state index is 10.7. The number of aromatic nitrogens is 2. The summed E-state index contributed by atoms with van der Waals surface area (Å²) in [5, 5.41) is 10.0. The Morgan fingerprint density at radius 2 is 2.29 bits per heavy atom. The lowest BCUT2D eigenvalue weighted by Crippen LogP contribution is -2.05. The van der Waals surface area contributed by atoms with E-state index in [9.17, 15) is 4.79 Å². The fraction of sp³-hybridized carbons (Fsp3) is 0.286. The van der Waals surface area contributed by atoms with Gasteiger partial charge in [0.15, 0.2) is 5.16 Å². The van der Waals surface area contributed by atoms with Crippen LogP contribution >= 0.6 is 23.4 Å². The van der Waals surface area contributed by atoms with Gasteiger partial charge in [-0.2, -0.15) is 0 Å². The van der Waals surface area contributed by atoms with Crippen LogP contribution in [-0.4, -0.2) is 33.5 Å². The molecule has 7 heteroatoms. The normalized spacial score (nSPS) is 10.6. The second-order valence-corrected chi connectivity index (χ2v) is 5.75. The molecule has 0 spiro atoms. The van der Waals surface area contributed by atoms with Gasteiger partial charge in [-0.25, -0.2) is 4.98 Å². The molecule has 0 radical (unpaired) electrons. The highest BCUT2D eigenvalue weighted by molar-refractivity contribution is 7.99. The molecule has 0 unspecified atom stereocenters. The molecule has 0 atom stereocenters. The summed E-state index contributed by atoms with van der Waals surface area (Å²) in [5.41, 5.74) is 1.67. The zero-order valence-electron chi connectivity index (χ0n) is 11.7. The Hall–Kier alpha value is -1.66. The standard InChI is InChI=1S/C14H15ClN2O3S/c1-9-6-17(14(16-9)21-8-13(18)19)7-10-11(15)4-3-5-12(10)20-2/h3-6H,7-8H2,1-2H3,(H,18,19). The number of carboxylic acids is 1. The Labute approximate surface area is 131 Å². The van der Waals surface area contributed by atoms with E-state index in [1.807, 2.05) is 29.8 Å². The van der Waals surface area contributed by atoms with E-state index in [1.165, 1.54) is 11.8 Å². The highest BCUT2D eigenvalue weighted by Crippen LogP contribution is 2.29. The molecule has 112 valence electrons. The summed E-state index contributed by atoms with van der Waals surface area (Å²) in [7, 11) is 1.59. The van der Waals surface area contributed by atoms with Crippen molar-refractivity contribution in [2.45, 2.75) is 18.6 Å². The molecule has 0 bridgehead atoms. The smallest absolute Gasteiger partial charge is 0.313 e. The van der Waals surface area contributed by atoms with Gasteiger partial charge in [0.1, 0.15) is 5.75 Å². The van der Waals surface area contributed by atoms with Crippen LogP contribution in [0.25, 0.3) is 0 Å². The van der Waals surface area contributed by atoms with Gasteiger partial charge in [0, 0.05) is 16.8 Å². The minimum atomic E-state index is -0.873. The van der Waals surface area contributed by atoms with E-state index in [-0.39, 0.29) is 5.75 Å². The minimum absolute atomic E-state index is 0.0316. The summed E-state index contributed by atoms with van der Waals surface area (Å²) in [6.45, 7) is 2.34. The van der Waals surface area contributed by atoms with E-state index in [4.69, 9.17) is 21.4 Å². The average Bonchev–Trinajstić information content (AvgIpc) is 2.79. The number of nitrogens with zero attached hydrogens (tertiary/aromatic N) is 2. The lowest BCUT2D eigenvalue weighted by Gasteiger charge is -2.12. The van der Waals surface area contributed by atoms with E-state index in [0.717, 1.165) is 11.3 Å². The van der Waals surface area contributed by atoms with E-state index < -0.39 is 5.97 Å². The first-order valence-electron chi connectivity index (χ1n) is 6.21. The number of aliphatic carboxylic acids is 1. The van der Waals surface area contributed by atoms with E-state index in [1.54, 1.807) is 13.2 Å². The number of imidazole rings is 1. The van der Waals surface area contributed by atoms with Crippen LogP contribution in [0, 0.1) is 6.92 Å². The number of methoxy groups -OCH3 is 1. The first-order valence-corrected chi connectivity index (χ1v) is 7.57. The highest BCUT2D eigenvalue weighted by atomic mass is 35.5. The number of benzene rings is 1. The largest absolute Gasteiger partial charge is 0.496 e. The summed E-state index contributed by atoms with van der Waals surface area (Å²) < 4.78 is 7.21.